The van der Waals surface area contributed by atoms with Crippen molar-refractivity contribution in [1.29, 1.82) is 0 Å². The van der Waals surface area contributed by atoms with E-state index in [0.29, 0.717) is 6.04 Å². The van der Waals surface area contributed by atoms with Crippen LogP contribution >= 0.6 is 0 Å². The Bertz CT molecular complexity index is 104. The van der Waals surface area contributed by atoms with E-state index in [-0.39, 0.29) is 0 Å². The molecule has 0 bridgehead atoms. The number of rotatable bonds is 8. The molecule has 1 unspecified atom stereocenters. The van der Waals surface area contributed by atoms with Gasteiger partial charge in [0.2, 0.25) is 0 Å². The second kappa shape index (κ2) is 8.75. The summed E-state index contributed by atoms with van der Waals surface area (Å²) in [5, 5.41) is 3.36. The van der Waals surface area contributed by atoms with Gasteiger partial charge in [-0.3, -0.25) is 0 Å². The lowest BCUT2D eigenvalue weighted by atomic mass is 10.3. The Morgan fingerprint density at radius 3 is 2.83 bits per heavy atom. The zero-order valence-corrected chi connectivity index (χ0v) is 8.31. The fraction of sp³-hybridized carbons (Fsp3) is 0.800. The molecule has 0 radical (unpaired) electrons. The Balaban J connectivity index is 2.95. The van der Waals surface area contributed by atoms with Crippen molar-refractivity contribution in [3.63, 3.8) is 0 Å². The third-order valence-corrected chi connectivity index (χ3v) is 1.82. The molecule has 2 heteroatoms. The second-order valence-electron chi connectivity index (χ2n) is 2.95. The van der Waals surface area contributed by atoms with E-state index in [1.165, 1.54) is 6.42 Å². The Hall–Kier alpha value is -0.340. The van der Waals surface area contributed by atoms with E-state index in [9.17, 15) is 0 Å². The number of hydrogen-bond acceptors (Lipinski definition) is 2. The largest absolute Gasteiger partial charge is 0.380 e. The molecule has 0 aliphatic carbocycles. The summed E-state index contributed by atoms with van der Waals surface area (Å²) in [5.41, 5.74) is 0. The first-order chi connectivity index (χ1) is 5.81. The highest BCUT2D eigenvalue weighted by Gasteiger charge is 1.94. The summed E-state index contributed by atoms with van der Waals surface area (Å²) in [6.07, 6.45) is 4.00. The summed E-state index contributed by atoms with van der Waals surface area (Å²) < 4.78 is 5.34. The van der Waals surface area contributed by atoms with Crippen molar-refractivity contribution in [3.8, 4) is 0 Å². The first-order valence-electron chi connectivity index (χ1n) is 4.73. The molecular weight excluding hydrogens is 150 g/mol. The molecule has 0 amide bonds. The van der Waals surface area contributed by atoms with Crippen LogP contribution < -0.4 is 5.32 Å². The minimum atomic E-state index is 0.605. The highest BCUT2D eigenvalue weighted by Crippen LogP contribution is 1.87. The van der Waals surface area contributed by atoms with Crippen LogP contribution in [0.1, 0.15) is 26.7 Å². The van der Waals surface area contributed by atoms with Crippen LogP contribution in [-0.4, -0.2) is 25.8 Å². The van der Waals surface area contributed by atoms with Crippen molar-refractivity contribution in [3.05, 3.63) is 12.7 Å². The summed E-state index contributed by atoms with van der Waals surface area (Å²) in [6.45, 7) is 10.5. The maximum Gasteiger partial charge on any atom is 0.0591 e. The smallest absolute Gasteiger partial charge is 0.0591 e. The molecule has 12 heavy (non-hydrogen) atoms. The standard InChI is InChI=1S/C10H21NO/c1-4-6-8-12-9-7-11-10(3)5-2/h4,10-11H,1,5-9H2,2-3H3. The molecule has 2 nitrogen and oxygen atoms in total. The normalized spacial score (nSPS) is 12.8. The molecular formula is C10H21NO. The van der Waals surface area contributed by atoms with Gasteiger partial charge in [0.15, 0.2) is 0 Å². The van der Waals surface area contributed by atoms with Crippen molar-refractivity contribution >= 4 is 0 Å². The first kappa shape index (κ1) is 11.7. The fourth-order valence-corrected chi connectivity index (χ4v) is 0.791. The number of hydrogen-bond donors (Lipinski definition) is 1. The van der Waals surface area contributed by atoms with Crippen LogP contribution in [0.4, 0.5) is 0 Å². The first-order valence-corrected chi connectivity index (χ1v) is 4.73. The van der Waals surface area contributed by atoms with Gasteiger partial charge in [0.05, 0.1) is 13.2 Å². The quantitative estimate of drug-likeness (QED) is 0.445. The minimum Gasteiger partial charge on any atom is -0.380 e. The minimum absolute atomic E-state index is 0.605. The van der Waals surface area contributed by atoms with Gasteiger partial charge in [-0.1, -0.05) is 13.0 Å². The molecule has 0 saturated carbocycles. The SMILES string of the molecule is C=CCCOCCNC(C)CC. The average Bonchev–Trinajstić information content (AvgIpc) is 2.10. The van der Waals surface area contributed by atoms with Gasteiger partial charge in [0, 0.05) is 12.6 Å². The fourth-order valence-electron chi connectivity index (χ4n) is 0.791. The molecule has 1 atom stereocenters. The third kappa shape index (κ3) is 7.76. The highest BCUT2D eigenvalue weighted by molar-refractivity contribution is 4.64. The van der Waals surface area contributed by atoms with Crippen molar-refractivity contribution in [2.45, 2.75) is 32.7 Å². The van der Waals surface area contributed by atoms with E-state index in [4.69, 9.17) is 4.74 Å². The molecule has 0 aliphatic rings. The monoisotopic (exact) mass is 171 g/mol. The summed E-state index contributed by atoms with van der Waals surface area (Å²) in [5.74, 6) is 0. The molecule has 0 rings (SSSR count). The van der Waals surface area contributed by atoms with Gasteiger partial charge in [-0.05, 0) is 19.8 Å². The van der Waals surface area contributed by atoms with E-state index < -0.39 is 0 Å². The van der Waals surface area contributed by atoms with Gasteiger partial charge in [-0.25, -0.2) is 0 Å². The number of ether oxygens (including phenoxy) is 1. The zero-order valence-electron chi connectivity index (χ0n) is 8.31. The van der Waals surface area contributed by atoms with E-state index in [1.807, 2.05) is 6.08 Å². The van der Waals surface area contributed by atoms with E-state index in [2.05, 4.69) is 25.7 Å². The van der Waals surface area contributed by atoms with Crippen LogP contribution in [0.5, 0.6) is 0 Å². The predicted octanol–water partition coefficient (Wildman–Crippen LogP) is 1.97. The van der Waals surface area contributed by atoms with Gasteiger partial charge in [0.25, 0.3) is 0 Å². The Morgan fingerprint density at radius 1 is 1.50 bits per heavy atom. The molecule has 0 fully saturated rings. The van der Waals surface area contributed by atoms with E-state index in [1.54, 1.807) is 0 Å². The Kier molecular flexibility index (Phi) is 8.51. The zero-order chi connectivity index (χ0) is 9.23. The van der Waals surface area contributed by atoms with Crippen molar-refractivity contribution in [2.75, 3.05) is 19.8 Å². The molecule has 0 aromatic rings. The van der Waals surface area contributed by atoms with Gasteiger partial charge in [-0.15, -0.1) is 6.58 Å². The summed E-state index contributed by atoms with van der Waals surface area (Å²) >= 11 is 0. The maximum absolute atomic E-state index is 5.34. The lowest BCUT2D eigenvalue weighted by Crippen LogP contribution is -2.28. The Morgan fingerprint density at radius 2 is 2.25 bits per heavy atom. The topological polar surface area (TPSA) is 21.3 Å². The lowest BCUT2D eigenvalue weighted by Gasteiger charge is -2.10. The maximum atomic E-state index is 5.34. The number of nitrogens with one attached hydrogen (secondary N) is 1. The van der Waals surface area contributed by atoms with Crippen LogP contribution in [0.15, 0.2) is 12.7 Å². The van der Waals surface area contributed by atoms with Crippen LogP contribution in [-0.2, 0) is 4.74 Å². The van der Waals surface area contributed by atoms with Gasteiger partial charge < -0.3 is 10.1 Å². The van der Waals surface area contributed by atoms with E-state index in [0.717, 1.165) is 26.2 Å². The Labute approximate surface area is 76.0 Å². The predicted molar refractivity (Wildman–Crippen MR) is 53.4 cm³/mol. The summed E-state index contributed by atoms with van der Waals surface area (Å²) in [7, 11) is 0. The average molecular weight is 171 g/mol. The molecule has 1 N–H and O–H groups in total. The van der Waals surface area contributed by atoms with Gasteiger partial charge >= 0.3 is 0 Å². The van der Waals surface area contributed by atoms with Gasteiger partial charge in [-0.2, -0.15) is 0 Å². The third-order valence-electron chi connectivity index (χ3n) is 1.82. The van der Waals surface area contributed by atoms with Crippen LogP contribution in [0.3, 0.4) is 0 Å². The van der Waals surface area contributed by atoms with Crippen LogP contribution in [0.25, 0.3) is 0 Å². The molecule has 0 heterocycles. The molecule has 0 saturated heterocycles. The van der Waals surface area contributed by atoms with Gasteiger partial charge in [0.1, 0.15) is 0 Å². The highest BCUT2D eigenvalue weighted by atomic mass is 16.5. The second-order valence-corrected chi connectivity index (χ2v) is 2.95. The molecule has 72 valence electrons. The molecule has 0 aliphatic heterocycles. The summed E-state index contributed by atoms with van der Waals surface area (Å²) in [6, 6.07) is 0.605. The molecule has 0 aromatic heterocycles. The van der Waals surface area contributed by atoms with Crippen LogP contribution in [0.2, 0.25) is 0 Å². The van der Waals surface area contributed by atoms with Crippen LogP contribution in [0, 0.1) is 0 Å². The molecule has 0 spiro atoms. The van der Waals surface area contributed by atoms with E-state index >= 15 is 0 Å². The lowest BCUT2D eigenvalue weighted by molar-refractivity contribution is 0.138. The summed E-state index contributed by atoms with van der Waals surface area (Å²) in [4.78, 5) is 0. The van der Waals surface area contributed by atoms with Crippen molar-refractivity contribution in [2.24, 2.45) is 0 Å². The van der Waals surface area contributed by atoms with Crippen molar-refractivity contribution in [1.82, 2.24) is 5.32 Å². The molecule has 0 aromatic carbocycles. The van der Waals surface area contributed by atoms with Crippen molar-refractivity contribution < 1.29 is 4.74 Å².